The summed E-state index contributed by atoms with van der Waals surface area (Å²) in [4.78, 5) is 0. The number of rotatable bonds is 5. The van der Waals surface area contributed by atoms with Crippen LogP contribution < -0.4 is 0 Å². The summed E-state index contributed by atoms with van der Waals surface area (Å²) in [7, 11) is 0. The largest absolute Gasteiger partial charge is 0.456 e. The summed E-state index contributed by atoms with van der Waals surface area (Å²) in [5, 5.41) is 11.7. The van der Waals surface area contributed by atoms with E-state index in [2.05, 4.69) is 92.9 Å². The zero-order valence-electron chi connectivity index (χ0n) is 21.1. The maximum Gasteiger partial charge on any atom is 0.168 e. The molecule has 0 radical (unpaired) electrons. The van der Waals surface area contributed by atoms with Gasteiger partial charge in [-0.3, -0.25) is 4.57 Å². The van der Waals surface area contributed by atoms with Crippen molar-refractivity contribution in [3.8, 4) is 28.2 Å². The number of benzene rings is 4. The maximum absolute atomic E-state index is 6.07. The Labute approximate surface area is 211 Å². The minimum atomic E-state index is -0.137. The third kappa shape index (κ3) is 3.61. The second-order valence-corrected chi connectivity index (χ2v) is 10.1. The summed E-state index contributed by atoms with van der Waals surface area (Å²) < 4.78 is 8.31. The fraction of sp³-hybridized carbons (Fsp3) is 0.188. The summed E-state index contributed by atoms with van der Waals surface area (Å²) >= 11 is 0. The van der Waals surface area contributed by atoms with E-state index in [9.17, 15) is 0 Å². The Bertz CT molecular complexity index is 1710. The SMILES string of the molecule is CCC(C)(C)c1nnc(-c2ccc3oc4ccccc4c3c2)n1-c1ccc(-c2ccccc2)cc1C. The van der Waals surface area contributed by atoms with E-state index in [0.29, 0.717) is 0 Å². The molecular weight excluding hydrogens is 442 g/mol. The first kappa shape index (κ1) is 22.3. The molecule has 2 heterocycles. The summed E-state index contributed by atoms with van der Waals surface area (Å²) in [6, 6.07) is 31.6. The third-order valence-corrected chi connectivity index (χ3v) is 7.33. The van der Waals surface area contributed by atoms with Crippen LogP contribution in [0.25, 0.3) is 50.1 Å². The van der Waals surface area contributed by atoms with Gasteiger partial charge >= 0.3 is 0 Å². The molecule has 2 aromatic heterocycles. The Kier molecular flexibility index (Phi) is 5.26. The van der Waals surface area contributed by atoms with Crippen molar-refractivity contribution in [2.24, 2.45) is 0 Å². The number of hydrogen-bond donors (Lipinski definition) is 0. The van der Waals surface area contributed by atoms with Gasteiger partial charge in [-0.2, -0.15) is 0 Å². The van der Waals surface area contributed by atoms with Gasteiger partial charge in [0.2, 0.25) is 0 Å². The summed E-state index contributed by atoms with van der Waals surface area (Å²) in [5.41, 5.74) is 7.35. The van der Waals surface area contributed by atoms with Gasteiger partial charge < -0.3 is 4.42 Å². The Hall–Kier alpha value is -4.18. The van der Waals surface area contributed by atoms with Crippen LogP contribution in [0.2, 0.25) is 0 Å². The lowest BCUT2D eigenvalue weighted by molar-refractivity contribution is 0.464. The van der Waals surface area contributed by atoms with Crippen LogP contribution in [0.3, 0.4) is 0 Å². The fourth-order valence-electron chi connectivity index (χ4n) is 4.88. The quantitative estimate of drug-likeness (QED) is 0.253. The molecule has 0 atom stereocenters. The van der Waals surface area contributed by atoms with Gasteiger partial charge in [0.15, 0.2) is 5.82 Å². The topological polar surface area (TPSA) is 43.9 Å². The molecular formula is C32H29N3O. The van der Waals surface area contributed by atoms with Crippen LogP contribution >= 0.6 is 0 Å². The van der Waals surface area contributed by atoms with Crippen LogP contribution in [0, 0.1) is 6.92 Å². The molecule has 0 amide bonds. The third-order valence-electron chi connectivity index (χ3n) is 7.33. The maximum atomic E-state index is 6.07. The van der Waals surface area contributed by atoms with Gasteiger partial charge in [0.05, 0.1) is 5.69 Å². The minimum absolute atomic E-state index is 0.137. The van der Waals surface area contributed by atoms with Gasteiger partial charge in [-0.05, 0) is 66.4 Å². The Morgan fingerprint density at radius 2 is 1.44 bits per heavy atom. The average Bonchev–Trinajstić information content (AvgIpc) is 3.51. The van der Waals surface area contributed by atoms with Crippen molar-refractivity contribution >= 4 is 21.9 Å². The van der Waals surface area contributed by atoms with Crippen molar-refractivity contribution in [2.45, 2.75) is 39.5 Å². The number of hydrogen-bond acceptors (Lipinski definition) is 3. The van der Waals surface area contributed by atoms with Crippen LogP contribution in [0.5, 0.6) is 0 Å². The second kappa shape index (κ2) is 8.49. The first-order chi connectivity index (χ1) is 17.5. The number of fused-ring (bicyclic) bond motifs is 3. The molecule has 0 unspecified atom stereocenters. The number of nitrogens with zero attached hydrogens (tertiary/aromatic N) is 3. The van der Waals surface area contributed by atoms with Crippen molar-refractivity contribution in [3.05, 3.63) is 102 Å². The summed E-state index contributed by atoms with van der Waals surface area (Å²) in [6.45, 7) is 8.84. The number of aromatic nitrogens is 3. The van der Waals surface area contributed by atoms with Crippen LogP contribution in [0.4, 0.5) is 0 Å². The smallest absolute Gasteiger partial charge is 0.168 e. The lowest BCUT2D eigenvalue weighted by atomic mass is 9.89. The zero-order valence-corrected chi connectivity index (χ0v) is 21.1. The predicted molar refractivity (Wildman–Crippen MR) is 148 cm³/mol. The summed E-state index contributed by atoms with van der Waals surface area (Å²) in [6.07, 6.45) is 0.956. The molecule has 6 rings (SSSR count). The van der Waals surface area contributed by atoms with Gasteiger partial charge in [0, 0.05) is 21.8 Å². The first-order valence-electron chi connectivity index (χ1n) is 12.5. The van der Waals surface area contributed by atoms with E-state index in [4.69, 9.17) is 14.6 Å². The second-order valence-electron chi connectivity index (χ2n) is 10.1. The van der Waals surface area contributed by atoms with Crippen LogP contribution in [-0.2, 0) is 5.41 Å². The Morgan fingerprint density at radius 3 is 2.22 bits per heavy atom. The molecule has 0 aliphatic heterocycles. The highest BCUT2D eigenvalue weighted by Gasteiger charge is 2.29. The molecule has 0 N–H and O–H groups in total. The highest BCUT2D eigenvalue weighted by atomic mass is 16.3. The van der Waals surface area contributed by atoms with Crippen molar-refractivity contribution < 1.29 is 4.42 Å². The van der Waals surface area contributed by atoms with Crippen molar-refractivity contribution in [2.75, 3.05) is 0 Å². The molecule has 0 fully saturated rings. The van der Waals surface area contributed by atoms with Crippen molar-refractivity contribution in [3.63, 3.8) is 0 Å². The van der Waals surface area contributed by atoms with Crippen LogP contribution in [0.1, 0.15) is 38.6 Å². The van der Waals surface area contributed by atoms with E-state index in [1.165, 1.54) is 16.7 Å². The first-order valence-corrected chi connectivity index (χ1v) is 12.5. The molecule has 0 bridgehead atoms. The molecule has 0 spiro atoms. The van der Waals surface area contributed by atoms with Crippen molar-refractivity contribution in [1.82, 2.24) is 14.8 Å². The zero-order chi connectivity index (χ0) is 24.9. The predicted octanol–water partition coefficient (Wildman–Crippen LogP) is 8.50. The van der Waals surface area contributed by atoms with Gasteiger partial charge in [-0.1, -0.05) is 75.4 Å². The lowest BCUT2D eigenvalue weighted by Crippen LogP contribution is -2.22. The Balaban J connectivity index is 1.56. The molecule has 4 nitrogen and oxygen atoms in total. The van der Waals surface area contributed by atoms with E-state index in [0.717, 1.165) is 51.3 Å². The monoisotopic (exact) mass is 471 g/mol. The fourth-order valence-corrected chi connectivity index (χ4v) is 4.88. The molecule has 0 saturated heterocycles. The van der Waals surface area contributed by atoms with Gasteiger partial charge in [-0.15, -0.1) is 10.2 Å². The molecule has 4 heteroatoms. The molecule has 4 aromatic carbocycles. The molecule has 36 heavy (non-hydrogen) atoms. The van der Waals surface area contributed by atoms with Gasteiger partial charge in [0.25, 0.3) is 0 Å². The van der Waals surface area contributed by atoms with E-state index in [1.54, 1.807) is 0 Å². The Morgan fingerprint density at radius 1 is 0.722 bits per heavy atom. The lowest BCUT2D eigenvalue weighted by Gasteiger charge is -2.24. The van der Waals surface area contributed by atoms with E-state index in [-0.39, 0.29) is 5.41 Å². The number of furan rings is 1. The molecule has 0 saturated carbocycles. The average molecular weight is 472 g/mol. The van der Waals surface area contributed by atoms with Crippen LogP contribution in [-0.4, -0.2) is 14.8 Å². The van der Waals surface area contributed by atoms with E-state index >= 15 is 0 Å². The van der Waals surface area contributed by atoms with Crippen molar-refractivity contribution in [1.29, 1.82) is 0 Å². The molecule has 178 valence electrons. The minimum Gasteiger partial charge on any atom is -0.456 e. The van der Waals surface area contributed by atoms with E-state index in [1.807, 2.05) is 30.3 Å². The van der Waals surface area contributed by atoms with Gasteiger partial charge in [0.1, 0.15) is 17.0 Å². The normalized spacial score (nSPS) is 12.0. The van der Waals surface area contributed by atoms with Gasteiger partial charge in [-0.25, -0.2) is 0 Å². The molecule has 6 aromatic rings. The standard InChI is InChI=1S/C32H29N3O/c1-5-32(3,4)31-34-33-30(24-16-18-29-26(20-24)25-13-9-10-14-28(25)36-29)35(31)27-17-15-23(19-21(27)2)22-11-7-6-8-12-22/h6-20H,5H2,1-4H3. The van der Waals surface area contributed by atoms with Crippen LogP contribution in [0.15, 0.2) is 95.4 Å². The number of aryl methyl sites for hydroxylation is 1. The highest BCUT2D eigenvalue weighted by molar-refractivity contribution is 6.06. The van der Waals surface area contributed by atoms with E-state index < -0.39 is 0 Å². The molecule has 0 aliphatic rings. The number of para-hydroxylation sites is 1. The highest BCUT2D eigenvalue weighted by Crippen LogP contribution is 2.36. The summed E-state index contributed by atoms with van der Waals surface area (Å²) in [5.74, 6) is 1.81. The molecule has 0 aliphatic carbocycles.